The van der Waals surface area contributed by atoms with Gasteiger partial charge >= 0.3 is 0 Å². The number of carbonyl (C=O) groups excluding carboxylic acids is 1. The van der Waals surface area contributed by atoms with E-state index in [-0.39, 0.29) is 17.9 Å². The molecule has 0 bridgehead atoms. The van der Waals surface area contributed by atoms with Crippen molar-refractivity contribution in [3.8, 4) is 11.9 Å². The lowest BCUT2D eigenvalue weighted by Gasteiger charge is -2.26. The van der Waals surface area contributed by atoms with Crippen molar-refractivity contribution >= 4 is 11.6 Å². The summed E-state index contributed by atoms with van der Waals surface area (Å²) in [4.78, 5) is 20.8. The lowest BCUT2D eigenvalue weighted by Crippen LogP contribution is -2.36. The fraction of sp³-hybridized carbons (Fsp3) is 0.423. The Morgan fingerprint density at radius 1 is 1.37 bits per heavy atom. The normalized spacial score (nSPS) is 23.7. The molecule has 2 atom stereocenters. The number of ether oxygens (including phenoxy) is 3. The summed E-state index contributed by atoms with van der Waals surface area (Å²) in [5.41, 5.74) is 2.06. The first kappa shape index (κ1) is 23.0. The topological polar surface area (TPSA) is 100.0 Å². The molecule has 9 nitrogen and oxygen atoms in total. The Labute approximate surface area is 204 Å². The van der Waals surface area contributed by atoms with Gasteiger partial charge in [0.1, 0.15) is 35.5 Å². The van der Waals surface area contributed by atoms with Gasteiger partial charge in [-0.1, -0.05) is 6.08 Å². The van der Waals surface area contributed by atoms with E-state index in [2.05, 4.69) is 22.4 Å². The molecule has 35 heavy (non-hydrogen) atoms. The van der Waals surface area contributed by atoms with Gasteiger partial charge in [0.05, 0.1) is 37.7 Å². The molecule has 0 spiro atoms. The van der Waals surface area contributed by atoms with Crippen LogP contribution in [0.25, 0.3) is 0 Å². The van der Waals surface area contributed by atoms with E-state index in [1.54, 1.807) is 24.7 Å². The molecule has 9 heteroatoms. The highest BCUT2D eigenvalue weighted by atomic mass is 16.5. The second-order valence-corrected chi connectivity index (χ2v) is 8.95. The zero-order chi connectivity index (χ0) is 24.2. The molecule has 0 aromatic carbocycles. The van der Waals surface area contributed by atoms with Crippen molar-refractivity contribution in [1.29, 1.82) is 5.26 Å². The lowest BCUT2D eigenvalue weighted by molar-refractivity contribution is -0.134. The molecule has 4 aliphatic rings. The maximum Gasteiger partial charge on any atom is 0.231 e. The van der Waals surface area contributed by atoms with Crippen LogP contribution in [0.1, 0.15) is 31.2 Å². The van der Waals surface area contributed by atoms with E-state index in [0.717, 1.165) is 62.3 Å². The van der Waals surface area contributed by atoms with Crippen molar-refractivity contribution in [3.63, 3.8) is 0 Å². The van der Waals surface area contributed by atoms with Gasteiger partial charge in [0.2, 0.25) is 11.8 Å². The van der Waals surface area contributed by atoms with Gasteiger partial charge in [0, 0.05) is 31.3 Å². The third-order valence-corrected chi connectivity index (χ3v) is 6.71. The second kappa shape index (κ2) is 10.2. The molecule has 0 unspecified atom stereocenters. The predicted octanol–water partition coefficient (Wildman–Crippen LogP) is 2.94. The Morgan fingerprint density at radius 2 is 2.29 bits per heavy atom. The zero-order valence-corrected chi connectivity index (χ0v) is 19.8. The molecule has 0 radical (unpaired) electrons. The number of nitriles is 1. The van der Waals surface area contributed by atoms with Gasteiger partial charge in [0.15, 0.2) is 0 Å². The molecule has 1 aromatic heterocycles. The Balaban J connectivity index is 1.32. The lowest BCUT2D eigenvalue weighted by atomic mass is 10.0. The number of nitrogens with one attached hydrogen (secondary N) is 1. The number of carbonyl (C=O) groups is 1. The zero-order valence-electron chi connectivity index (χ0n) is 19.8. The highest BCUT2D eigenvalue weighted by molar-refractivity contribution is 5.79. The van der Waals surface area contributed by atoms with Crippen LogP contribution in [0.5, 0.6) is 5.88 Å². The summed E-state index contributed by atoms with van der Waals surface area (Å²) in [7, 11) is 1.49. The fourth-order valence-corrected chi connectivity index (χ4v) is 4.83. The third-order valence-electron chi connectivity index (χ3n) is 6.71. The fourth-order valence-electron chi connectivity index (χ4n) is 4.83. The average Bonchev–Trinajstić information content (AvgIpc) is 3.61. The number of rotatable bonds is 6. The Hall–Kier alpha value is -3.77. The van der Waals surface area contributed by atoms with Gasteiger partial charge in [0.25, 0.3) is 0 Å². The Morgan fingerprint density at radius 3 is 3.09 bits per heavy atom. The highest BCUT2D eigenvalue weighted by Crippen LogP contribution is 2.33. The van der Waals surface area contributed by atoms with E-state index in [4.69, 9.17) is 14.2 Å². The first-order chi connectivity index (χ1) is 17.2. The number of pyridine rings is 1. The number of methoxy groups -OCH3 is 1. The van der Waals surface area contributed by atoms with Crippen molar-refractivity contribution in [2.45, 2.75) is 31.8 Å². The van der Waals surface area contributed by atoms with Crippen molar-refractivity contribution < 1.29 is 19.0 Å². The van der Waals surface area contributed by atoms with Crippen molar-refractivity contribution in [1.82, 2.24) is 15.2 Å². The molecular formula is C26H29N5O4. The first-order valence-electron chi connectivity index (χ1n) is 12.0. The number of hydrogen-bond acceptors (Lipinski definition) is 8. The number of aromatic nitrogens is 1. The van der Waals surface area contributed by atoms with E-state index in [0.29, 0.717) is 23.7 Å². The summed E-state index contributed by atoms with van der Waals surface area (Å²) in [5, 5.41) is 12.7. The molecule has 1 amide bonds. The SMILES string of the molecule is COc1ncc(N2C=COC(C3=C(O[C@H]4CCN(C(=O)[C@@H]5CCNC5)C4)C=CCC3)=C2)cc1C#N. The molecule has 1 aromatic rings. The molecule has 1 aliphatic carbocycles. The summed E-state index contributed by atoms with van der Waals surface area (Å²) in [6.45, 7) is 3.03. The average molecular weight is 476 g/mol. The molecule has 2 saturated heterocycles. The summed E-state index contributed by atoms with van der Waals surface area (Å²) in [6.07, 6.45) is 14.4. The van der Waals surface area contributed by atoms with Gasteiger partial charge in [-0.05, 0) is 37.9 Å². The van der Waals surface area contributed by atoms with Crippen molar-refractivity contribution in [2.24, 2.45) is 5.92 Å². The minimum Gasteiger partial charge on any atom is -0.488 e. The van der Waals surface area contributed by atoms with Crippen LogP contribution in [-0.4, -0.2) is 55.2 Å². The molecular weight excluding hydrogens is 446 g/mol. The largest absolute Gasteiger partial charge is 0.488 e. The quantitative estimate of drug-likeness (QED) is 0.671. The Bertz CT molecular complexity index is 1140. The number of nitrogens with zero attached hydrogens (tertiary/aromatic N) is 4. The van der Waals surface area contributed by atoms with Gasteiger partial charge in [-0.25, -0.2) is 4.98 Å². The van der Waals surface area contributed by atoms with E-state index < -0.39 is 0 Å². The van der Waals surface area contributed by atoms with Crippen LogP contribution in [0.4, 0.5) is 5.69 Å². The van der Waals surface area contributed by atoms with Crippen LogP contribution in [0.2, 0.25) is 0 Å². The van der Waals surface area contributed by atoms with Crippen LogP contribution < -0.4 is 15.0 Å². The molecule has 1 N–H and O–H groups in total. The van der Waals surface area contributed by atoms with Crippen LogP contribution in [0.15, 0.2) is 60.2 Å². The van der Waals surface area contributed by atoms with E-state index in [1.807, 2.05) is 22.1 Å². The third kappa shape index (κ3) is 4.88. The number of amides is 1. The number of allylic oxidation sites excluding steroid dienone is 3. The maximum atomic E-state index is 12.8. The molecule has 4 heterocycles. The Kier molecular flexibility index (Phi) is 6.73. The number of anilines is 1. The van der Waals surface area contributed by atoms with E-state index in [9.17, 15) is 10.1 Å². The standard InChI is InChI=1S/C26H29N5O4/c1-33-25-19(13-27)12-20(15-29-25)30-10-11-34-24(17-30)22-4-2-3-5-23(22)35-21-7-9-31(16-21)26(32)18-6-8-28-14-18/h3,5,10-12,15,17-18,21,28H,2,4,6-9,14,16H2,1H3/t18-,21+/m1/s1. The van der Waals surface area contributed by atoms with Gasteiger partial charge in [-0.3, -0.25) is 4.79 Å². The molecule has 2 fully saturated rings. The summed E-state index contributed by atoms with van der Waals surface area (Å²) >= 11 is 0. The smallest absolute Gasteiger partial charge is 0.231 e. The van der Waals surface area contributed by atoms with Gasteiger partial charge in [-0.15, -0.1) is 0 Å². The van der Waals surface area contributed by atoms with Crippen LogP contribution in [-0.2, 0) is 14.3 Å². The van der Waals surface area contributed by atoms with Crippen molar-refractivity contribution in [3.05, 3.63) is 65.7 Å². The van der Waals surface area contributed by atoms with E-state index in [1.165, 1.54) is 7.11 Å². The second-order valence-electron chi connectivity index (χ2n) is 8.95. The van der Waals surface area contributed by atoms with Crippen molar-refractivity contribution in [2.75, 3.05) is 38.2 Å². The van der Waals surface area contributed by atoms with Gasteiger partial charge < -0.3 is 29.3 Å². The molecule has 3 aliphatic heterocycles. The van der Waals surface area contributed by atoms with Crippen LogP contribution in [0, 0.1) is 17.2 Å². The van der Waals surface area contributed by atoms with Crippen LogP contribution in [0.3, 0.4) is 0 Å². The monoisotopic (exact) mass is 475 g/mol. The highest BCUT2D eigenvalue weighted by Gasteiger charge is 2.34. The first-order valence-corrected chi connectivity index (χ1v) is 12.0. The molecule has 182 valence electrons. The van der Waals surface area contributed by atoms with Gasteiger partial charge in [-0.2, -0.15) is 5.26 Å². The molecule has 5 rings (SSSR count). The predicted molar refractivity (Wildman–Crippen MR) is 129 cm³/mol. The summed E-state index contributed by atoms with van der Waals surface area (Å²) < 4.78 is 17.4. The minimum absolute atomic E-state index is 0.0409. The number of hydrogen-bond donors (Lipinski definition) is 1. The molecule has 0 saturated carbocycles. The van der Waals surface area contributed by atoms with E-state index >= 15 is 0 Å². The number of likely N-dealkylation sites (tertiary alicyclic amines) is 1. The maximum absolute atomic E-state index is 12.8. The minimum atomic E-state index is -0.0409. The summed E-state index contributed by atoms with van der Waals surface area (Å²) in [5.74, 6) is 2.08. The van der Waals surface area contributed by atoms with Crippen LogP contribution >= 0.6 is 0 Å². The summed E-state index contributed by atoms with van der Waals surface area (Å²) in [6, 6.07) is 3.85.